The molecule has 0 aliphatic heterocycles. The zero-order valence-corrected chi connectivity index (χ0v) is 13.7. The van der Waals surface area contributed by atoms with E-state index in [0.717, 1.165) is 47.1 Å². The molecule has 0 radical (unpaired) electrons. The molecule has 0 bridgehead atoms. The van der Waals surface area contributed by atoms with Gasteiger partial charge in [0, 0.05) is 16.1 Å². The van der Waals surface area contributed by atoms with Crippen LogP contribution in [0.3, 0.4) is 0 Å². The summed E-state index contributed by atoms with van der Waals surface area (Å²) in [5.74, 6) is 1.86. The Morgan fingerprint density at radius 1 is 0.950 bits per heavy atom. The van der Waals surface area contributed by atoms with Gasteiger partial charge in [0.05, 0.1) is 12.7 Å². The molecule has 0 aromatic heterocycles. The molecule has 2 rings (SSSR count). The average molecular weight is 337 g/mol. The van der Waals surface area contributed by atoms with Crippen molar-refractivity contribution in [2.24, 2.45) is 0 Å². The Labute approximate surface area is 129 Å². The maximum Gasteiger partial charge on any atom is 0.127 e. The largest absolute Gasteiger partial charge is 0.493 e. The van der Waals surface area contributed by atoms with Crippen LogP contribution in [0.5, 0.6) is 11.5 Å². The molecule has 0 saturated carbocycles. The van der Waals surface area contributed by atoms with Gasteiger partial charge in [0.1, 0.15) is 11.5 Å². The normalized spacial score (nSPS) is 11.0. The molecular formula is C17H21BrO2. The second-order valence-corrected chi connectivity index (χ2v) is 5.81. The Hall–Kier alpha value is -1.22. The lowest BCUT2D eigenvalue weighted by molar-refractivity contribution is 0.245. The lowest BCUT2D eigenvalue weighted by Gasteiger charge is -2.15. The van der Waals surface area contributed by atoms with Crippen molar-refractivity contribution >= 4 is 26.7 Å². The van der Waals surface area contributed by atoms with Gasteiger partial charge >= 0.3 is 0 Å². The van der Waals surface area contributed by atoms with Crippen LogP contribution in [0.15, 0.2) is 36.4 Å². The quantitative estimate of drug-likeness (QED) is 0.512. The number of halogens is 1. The minimum absolute atomic E-state index is 0.170. The maximum atomic E-state index is 5.90. The van der Waals surface area contributed by atoms with E-state index >= 15 is 0 Å². The Kier molecular flexibility index (Phi) is 5.72. The summed E-state index contributed by atoms with van der Waals surface area (Å²) in [6, 6.07) is 12.2. The van der Waals surface area contributed by atoms with E-state index in [0.29, 0.717) is 0 Å². The number of benzene rings is 2. The van der Waals surface area contributed by atoms with Crippen molar-refractivity contribution in [3.05, 3.63) is 36.4 Å². The third kappa shape index (κ3) is 3.89. The van der Waals surface area contributed by atoms with Gasteiger partial charge in [-0.3, -0.25) is 0 Å². The molecule has 2 nitrogen and oxygen atoms in total. The molecule has 0 fully saturated rings. The van der Waals surface area contributed by atoms with Crippen molar-refractivity contribution in [2.75, 3.05) is 11.9 Å². The highest BCUT2D eigenvalue weighted by molar-refractivity contribution is 9.09. The van der Waals surface area contributed by atoms with Crippen LogP contribution in [-0.4, -0.2) is 18.0 Å². The van der Waals surface area contributed by atoms with Gasteiger partial charge in [-0.1, -0.05) is 40.2 Å². The van der Waals surface area contributed by atoms with Crippen molar-refractivity contribution in [1.29, 1.82) is 0 Å². The molecule has 0 atom stereocenters. The van der Waals surface area contributed by atoms with E-state index in [9.17, 15) is 0 Å². The fourth-order valence-corrected chi connectivity index (χ4v) is 2.50. The molecule has 108 valence electrons. The van der Waals surface area contributed by atoms with Crippen molar-refractivity contribution in [3.63, 3.8) is 0 Å². The summed E-state index contributed by atoms with van der Waals surface area (Å²) >= 11 is 3.44. The smallest absolute Gasteiger partial charge is 0.127 e. The third-order valence-electron chi connectivity index (χ3n) is 2.99. The molecule has 20 heavy (non-hydrogen) atoms. The molecule has 0 heterocycles. The van der Waals surface area contributed by atoms with E-state index in [1.165, 1.54) is 0 Å². The third-order valence-corrected chi connectivity index (χ3v) is 3.55. The molecule has 0 aliphatic rings. The number of ether oxygens (including phenoxy) is 2. The van der Waals surface area contributed by atoms with Gasteiger partial charge in [0.25, 0.3) is 0 Å². The number of hydrogen-bond donors (Lipinski definition) is 0. The number of fused-ring (bicyclic) bond motifs is 1. The molecule has 3 heteroatoms. The molecule has 0 aliphatic carbocycles. The number of alkyl halides is 1. The van der Waals surface area contributed by atoms with Crippen LogP contribution in [-0.2, 0) is 0 Å². The molecule has 2 aromatic carbocycles. The minimum atomic E-state index is 0.170. The van der Waals surface area contributed by atoms with E-state index in [4.69, 9.17) is 9.47 Å². The van der Waals surface area contributed by atoms with Crippen LogP contribution in [0.4, 0.5) is 0 Å². The topological polar surface area (TPSA) is 18.5 Å². The second-order valence-electron chi connectivity index (χ2n) is 5.02. The predicted molar refractivity (Wildman–Crippen MR) is 88.2 cm³/mol. The molecule has 0 N–H and O–H groups in total. The van der Waals surface area contributed by atoms with Crippen molar-refractivity contribution in [2.45, 2.75) is 32.8 Å². The van der Waals surface area contributed by atoms with Crippen LogP contribution in [0, 0.1) is 0 Å². The molecule has 0 amide bonds. The van der Waals surface area contributed by atoms with E-state index < -0.39 is 0 Å². The number of rotatable bonds is 7. The first-order chi connectivity index (χ1) is 9.72. The van der Waals surface area contributed by atoms with Gasteiger partial charge < -0.3 is 9.47 Å². The lowest BCUT2D eigenvalue weighted by atomic mass is 10.1. The SMILES string of the molecule is CC(C)Oc1ccc(OCCCCBr)c2ccccc12. The highest BCUT2D eigenvalue weighted by atomic mass is 79.9. The van der Waals surface area contributed by atoms with Crippen LogP contribution < -0.4 is 9.47 Å². The van der Waals surface area contributed by atoms with Gasteiger partial charge in [0.15, 0.2) is 0 Å². The van der Waals surface area contributed by atoms with Gasteiger partial charge in [-0.05, 0) is 38.8 Å². The Morgan fingerprint density at radius 3 is 2.25 bits per heavy atom. The molecule has 0 unspecified atom stereocenters. The van der Waals surface area contributed by atoms with Crippen LogP contribution >= 0.6 is 15.9 Å². The molecule has 0 saturated heterocycles. The summed E-state index contributed by atoms with van der Waals surface area (Å²) in [6.07, 6.45) is 2.36. The molecule has 0 spiro atoms. The van der Waals surface area contributed by atoms with E-state index in [1.807, 2.05) is 38.1 Å². The Bertz CT molecular complexity index is 552. The summed E-state index contributed by atoms with van der Waals surface area (Å²) in [7, 11) is 0. The van der Waals surface area contributed by atoms with Gasteiger partial charge in [-0.15, -0.1) is 0 Å². The van der Waals surface area contributed by atoms with Crippen molar-refractivity contribution < 1.29 is 9.47 Å². The summed E-state index contributed by atoms with van der Waals surface area (Å²) < 4.78 is 11.8. The standard InChI is InChI=1S/C17H21BrO2/c1-13(2)20-17-10-9-16(19-12-6-5-11-18)14-7-3-4-8-15(14)17/h3-4,7-10,13H,5-6,11-12H2,1-2H3. The van der Waals surface area contributed by atoms with Crippen LogP contribution in [0.25, 0.3) is 10.8 Å². The fourth-order valence-electron chi connectivity index (χ4n) is 2.11. The van der Waals surface area contributed by atoms with E-state index in [-0.39, 0.29) is 6.10 Å². The van der Waals surface area contributed by atoms with Crippen molar-refractivity contribution in [1.82, 2.24) is 0 Å². The van der Waals surface area contributed by atoms with Crippen molar-refractivity contribution in [3.8, 4) is 11.5 Å². The lowest BCUT2D eigenvalue weighted by Crippen LogP contribution is -2.06. The van der Waals surface area contributed by atoms with Gasteiger partial charge in [-0.2, -0.15) is 0 Å². The summed E-state index contributed by atoms with van der Waals surface area (Å²) in [6.45, 7) is 4.83. The maximum absolute atomic E-state index is 5.90. The van der Waals surface area contributed by atoms with Crippen LogP contribution in [0.2, 0.25) is 0 Å². The number of unbranched alkanes of at least 4 members (excludes halogenated alkanes) is 1. The first-order valence-corrected chi connectivity index (χ1v) is 8.21. The second kappa shape index (κ2) is 7.53. The average Bonchev–Trinajstić information content (AvgIpc) is 2.45. The summed E-state index contributed by atoms with van der Waals surface area (Å²) in [5.41, 5.74) is 0. The zero-order chi connectivity index (χ0) is 14.4. The fraction of sp³-hybridized carbons (Fsp3) is 0.412. The highest BCUT2D eigenvalue weighted by Gasteiger charge is 2.08. The highest BCUT2D eigenvalue weighted by Crippen LogP contribution is 2.33. The Balaban J connectivity index is 2.24. The first-order valence-electron chi connectivity index (χ1n) is 7.09. The summed E-state index contributed by atoms with van der Waals surface area (Å²) in [4.78, 5) is 0. The van der Waals surface area contributed by atoms with E-state index in [1.54, 1.807) is 0 Å². The Morgan fingerprint density at radius 2 is 1.60 bits per heavy atom. The monoisotopic (exact) mass is 336 g/mol. The summed E-state index contributed by atoms with van der Waals surface area (Å²) in [5, 5.41) is 3.25. The predicted octanol–water partition coefficient (Wildman–Crippen LogP) is 5.18. The van der Waals surface area contributed by atoms with Gasteiger partial charge in [-0.25, -0.2) is 0 Å². The van der Waals surface area contributed by atoms with E-state index in [2.05, 4.69) is 28.1 Å². The number of hydrogen-bond acceptors (Lipinski definition) is 2. The molecular weight excluding hydrogens is 316 g/mol. The molecule has 2 aromatic rings. The van der Waals surface area contributed by atoms with Gasteiger partial charge in [0.2, 0.25) is 0 Å². The first kappa shape index (κ1) is 15.2. The zero-order valence-electron chi connectivity index (χ0n) is 12.1. The minimum Gasteiger partial charge on any atom is -0.493 e. The van der Waals surface area contributed by atoms with Crippen LogP contribution in [0.1, 0.15) is 26.7 Å².